The van der Waals surface area contributed by atoms with Crippen molar-refractivity contribution in [2.45, 2.75) is 66.2 Å². The molecule has 2 heteroatoms. The molecule has 0 aliphatic heterocycles. The Morgan fingerprint density at radius 3 is 2.55 bits per heavy atom. The fraction of sp³-hybridized carbons (Fsp3) is 0.900. The maximum atomic E-state index is 13.2. The minimum Gasteiger partial charge on any atom is -0.299 e. The minimum absolute atomic E-state index is 0.0446. The van der Waals surface area contributed by atoms with Gasteiger partial charge in [0, 0.05) is 24.2 Å². The Kier molecular flexibility index (Phi) is 2.12. The molecule has 6 rings (SSSR count). The first-order chi connectivity index (χ1) is 10.2. The molecule has 6 fully saturated rings. The van der Waals surface area contributed by atoms with Gasteiger partial charge < -0.3 is 0 Å². The summed E-state index contributed by atoms with van der Waals surface area (Å²) in [6.07, 6.45) is 6.08. The zero-order chi connectivity index (χ0) is 15.7. The number of carbonyl (C=O) groups excluding carboxylic acids is 2. The molecule has 22 heavy (non-hydrogen) atoms. The second kappa shape index (κ2) is 3.39. The van der Waals surface area contributed by atoms with Gasteiger partial charge in [-0.05, 0) is 59.7 Å². The molecule has 0 unspecified atom stereocenters. The van der Waals surface area contributed by atoms with Crippen LogP contribution in [-0.2, 0) is 9.59 Å². The Hall–Kier alpha value is -0.660. The SMILES string of the molecule is C[C@H]1[C@@H]2[C@@]34CC[C@@H]5C(C)(C)CCC(=O)[C@@]5(C)[C@@]23CC(=O)[C@@H]1C4. The first kappa shape index (κ1) is 13.7. The van der Waals surface area contributed by atoms with Gasteiger partial charge in [0.1, 0.15) is 11.6 Å². The molecule has 0 aromatic carbocycles. The summed E-state index contributed by atoms with van der Waals surface area (Å²) >= 11 is 0. The van der Waals surface area contributed by atoms with Crippen molar-refractivity contribution < 1.29 is 9.59 Å². The van der Waals surface area contributed by atoms with Crippen LogP contribution in [0.25, 0.3) is 0 Å². The Morgan fingerprint density at radius 2 is 1.82 bits per heavy atom. The molecule has 6 aliphatic rings. The van der Waals surface area contributed by atoms with Crippen LogP contribution in [0.5, 0.6) is 0 Å². The zero-order valence-electron chi connectivity index (χ0n) is 14.4. The van der Waals surface area contributed by atoms with Crippen molar-refractivity contribution in [1.29, 1.82) is 0 Å². The lowest BCUT2D eigenvalue weighted by Gasteiger charge is -2.60. The Bertz CT molecular complexity index is 619. The maximum absolute atomic E-state index is 13.2. The smallest absolute Gasteiger partial charge is 0.139 e. The van der Waals surface area contributed by atoms with Gasteiger partial charge in [0.25, 0.3) is 0 Å². The molecule has 0 radical (unpaired) electrons. The lowest BCUT2D eigenvalue weighted by molar-refractivity contribution is -0.169. The highest BCUT2D eigenvalue weighted by Crippen LogP contribution is 2.94. The molecule has 120 valence electrons. The molecule has 6 saturated carbocycles. The molecule has 2 spiro atoms. The number of rotatable bonds is 0. The van der Waals surface area contributed by atoms with Gasteiger partial charge in [-0.1, -0.05) is 27.7 Å². The lowest BCUT2D eigenvalue weighted by Crippen LogP contribution is -2.60. The van der Waals surface area contributed by atoms with E-state index < -0.39 is 0 Å². The van der Waals surface area contributed by atoms with Crippen molar-refractivity contribution in [2.75, 3.05) is 0 Å². The summed E-state index contributed by atoms with van der Waals surface area (Å²) in [5, 5.41) is 0. The van der Waals surface area contributed by atoms with E-state index in [0.29, 0.717) is 40.7 Å². The maximum Gasteiger partial charge on any atom is 0.139 e. The highest BCUT2D eigenvalue weighted by molar-refractivity contribution is 5.93. The highest BCUT2D eigenvalue weighted by Gasteiger charge is 2.92. The van der Waals surface area contributed by atoms with Gasteiger partial charge in [0.2, 0.25) is 0 Å². The second-order valence-electron chi connectivity index (χ2n) is 10.1. The van der Waals surface area contributed by atoms with Gasteiger partial charge >= 0.3 is 0 Å². The topological polar surface area (TPSA) is 34.1 Å². The van der Waals surface area contributed by atoms with E-state index in [1.807, 2.05) is 0 Å². The van der Waals surface area contributed by atoms with Crippen LogP contribution in [0.1, 0.15) is 66.2 Å². The van der Waals surface area contributed by atoms with Crippen LogP contribution >= 0.6 is 0 Å². The number of hydrogen-bond donors (Lipinski definition) is 0. The van der Waals surface area contributed by atoms with Crippen molar-refractivity contribution in [3.8, 4) is 0 Å². The number of ketones is 2. The number of Topliss-reactive ketones (excluding diaryl/α,β-unsaturated/α-hetero) is 2. The van der Waals surface area contributed by atoms with Crippen molar-refractivity contribution in [3.05, 3.63) is 0 Å². The van der Waals surface area contributed by atoms with Crippen LogP contribution in [-0.4, -0.2) is 11.6 Å². The van der Waals surface area contributed by atoms with Crippen LogP contribution < -0.4 is 0 Å². The minimum atomic E-state index is -0.229. The van der Waals surface area contributed by atoms with Gasteiger partial charge in [-0.2, -0.15) is 0 Å². The monoisotopic (exact) mass is 300 g/mol. The molecule has 4 bridgehead atoms. The van der Waals surface area contributed by atoms with Crippen LogP contribution in [0, 0.1) is 45.3 Å². The van der Waals surface area contributed by atoms with Crippen molar-refractivity contribution in [1.82, 2.24) is 0 Å². The molecular weight excluding hydrogens is 272 g/mol. The predicted molar refractivity (Wildman–Crippen MR) is 84.1 cm³/mol. The summed E-state index contributed by atoms with van der Waals surface area (Å²) in [4.78, 5) is 25.9. The molecule has 0 amide bonds. The second-order valence-corrected chi connectivity index (χ2v) is 10.1. The van der Waals surface area contributed by atoms with Crippen LogP contribution in [0.2, 0.25) is 0 Å². The summed E-state index contributed by atoms with van der Waals surface area (Å²) in [5.41, 5.74) is 0.425. The molecule has 6 aliphatic carbocycles. The molecule has 0 aromatic rings. The Balaban J connectivity index is 1.72. The molecule has 0 heterocycles. The summed E-state index contributed by atoms with van der Waals surface area (Å²) in [5.74, 6) is 2.96. The molecular formula is C20H28O2. The van der Waals surface area contributed by atoms with Gasteiger partial charge in [-0.3, -0.25) is 9.59 Å². The van der Waals surface area contributed by atoms with Crippen LogP contribution in [0.4, 0.5) is 0 Å². The van der Waals surface area contributed by atoms with E-state index in [1.165, 1.54) is 12.8 Å². The molecule has 0 saturated heterocycles. The highest BCUT2D eigenvalue weighted by atomic mass is 16.1. The Labute approximate surface area is 133 Å². The number of fused-ring (bicyclic) bond motifs is 2. The Morgan fingerprint density at radius 1 is 1.09 bits per heavy atom. The van der Waals surface area contributed by atoms with E-state index >= 15 is 0 Å². The lowest BCUT2D eigenvalue weighted by atomic mass is 9.42. The molecule has 0 N–H and O–H groups in total. The fourth-order valence-corrected chi connectivity index (χ4v) is 8.86. The number of carbonyl (C=O) groups is 2. The van der Waals surface area contributed by atoms with E-state index in [2.05, 4.69) is 27.7 Å². The van der Waals surface area contributed by atoms with E-state index in [0.717, 1.165) is 25.7 Å². The zero-order valence-corrected chi connectivity index (χ0v) is 14.4. The van der Waals surface area contributed by atoms with E-state index in [-0.39, 0.29) is 16.2 Å². The third-order valence-corrected chi connectivity index (χ3v) is 9.56. The summed E-state index contributed by atoms with van der Waals surface area (Å²) in [6, 6.07) is 0. The summed E-state index contributed by atoms with van der Waals surface area (Å²) in [6.45, 7) is 9.32. The van der Waals surface area contributed by atoms with Gasteiger partial charge in [-0.15, -0.1) is 0 Å². The first-order valence-electron chi connectivity index (χ1n) is 9.28. The molecule has 2 nitrogen and oxygen atoms in total. The van der Waals surface area contributed by atoms with Crippen molar-refractivity contribution in [2.24, 2.45) is 45.3 Å². The predicted octanol–water partition coefficient (Wildman–Crippen LogP) is 4.02. The van der Waals surface area contributed by atoms with Gasteiger partial charge in [0.05, 0.1) is 0 Å². The normalized spacial score (nSPS) is 60.7. The van der Waals surface area contributed by atoms with Gasteiger partial charge in [-0.25, -0.2) is 0 Å². The third kappa shape index (κ3) is 1.03. The van der Waals surface area contributed by atoms with Crippen molar-refractivity contribution >= 4 is 11.6 Å². The fourth-order valence-electron chi connectivity index (χ4n) is 8.86. The van der Waals surface area contributed by atoms with Crippen LogP contribution in [0.15, 0.2) is 0 Å². The standard InChI is InChI=1S/C20H28O2/c1-11-12-9-19-8-5-14-17(2,3)7-6-15(22)18(14,4)20(19,16(11)19)10-13(12)21/h11-12,14,16H,5-10H2,1-4H3/t11-,12-,14-,16-,18+,19+,20-/m1/s1. The average Bonchev–Trinajstić information content (AvgIpc) is 2.95. The van der Waals surface area contributed by atoms with Gasteiger partial charge in [0.15, 0.2) is 0 Å². The molecule has 0 aromatic heterocycles. The summed E-state index contributed by atoms with van der Waals surface area (Å²) < 4.78 is 0. The quantitative estimate of drug-likeness (QED) is 0.677. The first-order valence-corrected chi connectivity index (χ1v) is 9.28. The number of hydrogen-bond acceptors (Lipinski definition) is 2. The van der Waals surface area contributed by atoms with Crippen LogP contribution in [0.3, 0.4) is 0 Å². The third-order valence-electron chi connectivity index (χ3n) is 9.56. The van der Waals surface area contributed by atoms with E-state index in [4.69, 9.17) is 0 Å². The molecule has 7 atom stereocenters. The summed E-state index contributed by atoms with van der Waals surface area (Å²) in [7, 11) is 0. The van der Waals surface area contributed by atoms with E-state index in [1.54, 1.807) is 0 Å². The van der Waals surface area contributed by atoms with E-state index in [9.17, 15) is 9.59 Å². The average molecular weight is 300 g/mol. The largest absolute Gasteiger partial charge is 0.299 e. The van der Waals surface area contributed by atoms with Crippen molar-refractivity contribution in [3.63, 3.8) is 0 Å².